The number of nitrogens with zero attached hydrogens (tertiary/aromatic N) is 1. The fourth-order valence-electron chi connectivity index (χ4n) is 9.22. The third-order valence-electron chi connectivity index (χ3n) is 11.0. The molecular weight excluding hydrogens is 430 g/mol. The molecule has 4 rings (SSSR count). The van der Waals surface area contributed by atoms with E-state index in [1.54, 1.807) is 11.8 Å². The van der Waals surface area contributed by atoms with Gasteiger partial charge < -0.3 is 14.9 Å². The molecule has 4 saturated carbocycles. The molecule has 4 aliphatic rings. The molecule has 8 atom stereocenters. The molecule has 0 radical (unpaired) electrons. The molecule has 4 aliphatic carbocycles. The normalized spacial score (nSPS) is 43.7. The number of aliphatic hydroxyl groups excluding tert-OH is 2. The predicted octanol–water partition coefficient (Wildman–Crippen LogP) is 3.82. The van der Waals surface area contributed by atoms with Gasteiger partial charge in [0.25, 0.3) is 0 Å². The Bertz CT molecular complexity index is 766. The Morgan fingerprint density at radius 2 is 1.56 bits per heavy atom. The van der Waals surface area contributed by atoms with Crippen molar-refractivity contribution < 1.29 is 24.5 Å². The molecule has 194 valence electrons. The molecule has 2 N–H and O–H groups in total. The van der Waals surface area contributed by atoms with Crippen LogP contribution in [0.5, 0.6) is 0 Å². The van der Waals surface area contributed by atoms with Crippen LogP contribution in [0.4, 0.5) is 0 Å². The highest BCUT2D eigenvalue weighted by molar-refractivity contribution is 5.79. The Labute approximate surface area is 205 Å². The summed E-state index contributed by atoms with van der Waals surface area (Å²) in [7, 11) is 0. The van der Waals surface area contributed by atoms with Crippen molar-refractivity contribution in [2.75, 3.05) is 32.8 Å². The van der Waals surface area contributed by atoms with Crippen molar-refractivity contribution >= 4 is 11.8 Å². The molecule has 6 heteroatoms. The summed E-state index contributed by atoms with van der Waals surface area (Å²) in [5.74, 6) is 3.12. The number of ketones is 1. The lowest BCUT2D eigenvalue weighted by molar-refractivity contribution is -0.182. The Hall–Kier alpha value is -0.980. The van der Waals surface area contributed by atoms with Crippen LogP contribution in [0, 0.1) is 40.4 Å². The lowest BCUT2D eigenvalue weighted by Crippen LogP contribution is -2.56. The molecule has 6 nitrogen and oxygen atoms in total. The Morgan fingerprint density at radius 3 is 2.21 bits per heavy atom. The smallest absolute Gasteiger partial charge is 0.320 e. The Balaban J connectivity index is 1.42. The third kappa shape index (κ3) is 4.59. The summed E-state index contributed by atoms with van der Waals surface area (Å²) in [6, 6.07) is 0. The van der Waals surface area contributed by atoms with E-state index in [0.717, 1.165) is 37.5 Å². The van der Waals surface area contributed by atoms with Crippen LogP contribution in [-0.2, 0) is 14.3 Å². The van der Waals surface area contributed by atoms with Gasteiger partial charge in [-0.05, 0) is 106 Å². The van der Waals surface area contributed by atoms with E-state index >= 15 is 0 Å². The first-order valence-electron chi connectivity index (χ1n) is 13.7. The summed E-state index contributed by atoms with van der Waals surface area (Å²) in [5, 5.41) is 18.4. The minimum atomic E-state index is -0.436. The van der Waals surface area contributed by atoms with Gasteiger partial charge in [-0.1, -0.05) is 13.8 Å². The van der Waals surface area contributed by atoms with E-state index in [0.29, 0.717) is 36.1 Å². The standard InChI is InChI=1S/C28H47NO5/c1-19(32)22-7-8-23-21-6-5-20-17-26(2,34-25(33)18-29(13-15-30)14-16-31)11-12-27(20,3)24(21)9-10-28(22,23)4/h20-24,30-31H,5-18H2,1-4H3/t20-,21-,22+,23-,24-,26+,27-,28+/m0/s1. The zero-order valence-corrected chi connectivity index (χ0v) is 21.9. The quantitative estimate of drug-likeness (QED) is 0.517. The average Bonchev–Trinajstić information content (AvgIpc) is 3.12. The molecule has 34 heavy (non-hydrogen) atoms. The second-order valence-electron chi connectivity index (χ2n) is 12.8. The van der Waals surface area contributed by atoms with Gasteiger partial charge in [0.2, 0.25) is 0 Å². The fourth-order valence-corrected chi connectivity index (χ4v) is 9.22. The van der Waals surface area contributed by atoms with Gasteiger partial charge in [-0.15, -0.1) is 0 Å². The molecule has 0 bridgehead atoms. The van der Waals surface area contributed by atoms with Gasteiger partial charge in [-0.25, -0.2) is 0 Å². The number of hydrogen-bond acceptors (Lipinski definition) is 6. The van der Waals surface area contributed by atoms with E-state index in [-0.39, 0.29) is 37.1 Å². The van der Waals surface area contributed by atoms with Crippen molar-refractivity contribution in [3.8, 4) is 0 Å². The van der Waals surface area contributed by atoms with Gasteiger partial charge in [-0.3, -0.25) is 14.5 Å². The van der Waals surface area contributed by atoms with Crippen LogP contribution >= 0.6 is 0 Å². The van der Waals surface area contributed by atoms with Crippen molar-refractivity contribution in [1.82, 2.24) is 4.90 Å². The van der Waals surface area contributed by atoms with Crippen molar-refractivity contribution in [2.24, 2.45) is 40.4 Å². The maximum atomic E-state index is 12.7. The molecule has 0 aromatic carbocycles. The summed E-state index contributed by atoms with van der Waals surface area (Å²) in [6.07, 6.45) is 10.1. The van der Waals surface area contributed by atoms with Crippen molar-refractivity contribution in [3.63, 3.8) is 0 Å². The molecule has 0 amide bonds. The molecule has 0 saturated heterocycles. The average molecular weight is 478 g/mol. The van der Waals surface area contributed by atoms with E-state index in [2.05, 4.69) is 20.8 Å². The summed E-state index contributed by atoms with van der Waals surface area (Å²) in [5.41, 5.74) is 0.0582. The minimum absolute atomic E-state index is 0.0409. The summed E-state index contributed by atoms with van der Waals surface area (Å²) in [4.78, 5) is 26.9. The van der Waals surface area contributed by atoms with Crippen molar-refractivity contribution in [3.05, 3.63) is 0 Å². The van der Waals surface area contributed by atoms with Crippen LogP contribution in [0.3, 0.4) is 0 Å². The molecule has 0 unspecified atom stereocenters. The van der Waals surface area contributed by atoms with Gasteiger partial charge in [0, 0.05) is 19.0 Å². The molecule has 0 aromatic heterocycles. The maximum Gasteiger partial charge on any atom is 0.320 e. The Morgan fingerprint density at radius 1 is 0.882 bits per heavy atom. The largest absolute Gasteiger partial charge is 0.458 e. The summed E-state index contributed by atoms with van der Waals surface area (Å²) in [6.45, 7) is 9.59. The summed E-state index contributed by atoms with van der Waals surface area (Å²) >= 11 is 0. The minimum Gasteiger partial charge on any atom is -0.458 e. The number of rotatable bonds is 8. The van der Waals surface area contributed by atoms with Crippen LogP contribution in [0.15, 0.2) is 0 Å². The molecule has 0 aliphatic heterocycles. The first-order chi connectivity index (χ1) is 16.1. The number of aliphatic hydroxyl groups is 2. The first-order valence-corrected chi connectivity index (χ1v) is 13.7. The summed E-state index contributed by atoms with van der Waals surface area (Å²) < 4.78 is 6.08. The highest BCUT2D eigenvalue weighted by Crippen LogP contribution is 2.68. The molecule has 0 spiro atoms. The number of fused-ring (bicyclic) bond motifs is 5. The van der Waals surface area contributed by atoms with Crippen LogP contribution in [-0.4, -0.2) is 65.3 Å². The van der Waals surface area contributed by atoms with Crippen molar-refractivity contribution in [2.45, 2.75) is 91.1 Å². The highest BCUT2D eigenvalue weighted by Gasteiger charge is 2.61. The van der Waals surface area contributed by atoms with E-state index in [4.69, 9.17) is 4.74 Å². The zero-order valence-electron chi connectivity index (χ0n) is 21.9. The van der Waals surface area contributed by atoms with Crippen LogP contribution in [0.25, 0.3) is 0 Å². The fraction of sp³-hybridized carbons (Fsp3) is 0.929. The zero-order chi connectivity index (χ0) is 24.7. The molecule has 4 fully saturated rings. The van der Waals surface area contributed by atoms with Crippen LogP contribution in [0.1, 0.15) is 85.5 Å². The predicted molar refractivity (Wildman–Crippen MR) is 131 cm³/mol. The molecular formula is C28H47NO5. The number of carbonyl (C=O) groups excluding carboxylic acids is 2. The van der Waals surface area contributed by atoms with Gasteiger partial charge >= 0.3 is 5.97 Å². The number of carbonyl (C=O) groups is 2. The van der Waals surface area contributed by atoms with Gasteiger partial charge in [0.15, 0.2) is 0 Å². The van der Waals surface area contributed by atoms with E-state index in [9.17, 15) is 19.8 Å². The SMILES string of the molecule is CC(=O)[C@H]1CC[C@H]2[C@@H]3CC[C@H]4C[C@](C)(OC(=O)CN(CCO)CCO)CC[C@]4(C)[C@H]3CC[C@]12C. The van der Waals surface area contributed by atoms with E-state index < -0.39 is 5.60 Å². The maximum absolute atomic E-state index is 12.7. The monoisotopic (exact) mass is 477 g/mol. The van der Waals surface area contributed by atoms with E-state index in [1.807, 2.05) is 0 Å². The lowest BCUT2D eigenvalue weighted by Gasteiger charge is -2.62. The lowest BCUT2D eigenvalue weighted by atomic mass is 9.44. The first kappa shape index (κ1) is 26.1. The topological polar surface area (TPSA) is 87.1 Å². The number of ether oxygens (including phenoxy) is 1. The third-order valence-corrected chi connectivity index (χ3v) is 11.0. The van der Waals surface area contributed by atoms with Gasteiger partial charge in [0.1, 0.15) is 11.4 Å². The van der Waals surface area contributed by atoms with Gasteiger partial charge in [0.05, 0.1) is 19.8 Å². The number of Topliss-reactive ketones (excluding diaryl/α,β-unsaturated/α-hetero) is 1. The van der Waals surface area contributed by atoms with Gasteiger partial charge in [-0.2, -0.15) is 0 Å². The van der Waals surface area contributed by atoms with Crippen molar-refractivity contribution in [1.29, 1.82) is 0 Å². The van der Waals surface area contributed by atoms with Crippen LogP contribution in [0.2, 0.25) is 0 Å². The van der Waals surface area contributed by atoms with Crippen LogP contribution < -0.4 is 0 Å². The number of hydrogen-bond donors (Lipinski definition) is 2. The second-order valence-corrected chi connectivity index (χ2v) is 12.8. The number of esters is 1. The highest BCUT2D eigenvalue weighted by atomic mass is 16.6. The molecule has 0 aromatic rings. The molecule has 0 heterocycles. The Kier molecular flexibility index (Phi) is 7.53. The van der Waals surface area contributed by atoms with E-state index in [1.165, 1.54) is 32.1 Å². The second kappa shape index (κ2) is 9.82.